The van der Waals surface area contributed by atoms with Crippen LogP contribution in [0.2, 0.25) is 0 Å². The van der Waals surface area contributed by atoms with Crippen molar-refractivity contribution in [2.75, 3.05) is 13.2 Å². The first kappa shape index (κ1) is 8.23. The second kappa shape index (κ2) is 2.06. The Kier molecular flexibility index (Phi) is 1.69. The molecule has 7 heteroatoms. The van der Waals surface area contributed by atoms with E-state index in [9.17, 15) is 8.39 Å². The van der Waals surface area contributed by atoms with Gasteiger partial charge >= 0.3 is 54.7 Å². The van der Waals surface area contributed by atoms with Crippen LogP contribution in [0.25, 0.3) is 0 Å². The summed E-state index contributed by atoms with van der Waals surface area (Å²) >= 11 is 0. The predicted molar refractivity (Wildman–Crippen MR) is 29.3 cm³/mol. The summed E-state index contributed by atoms with van der Waals surface area (Å²) in [5, 5.41) is 0. The van der Waals surface area contributed by atoms with E-state index in [1.807, 2.05) is 0 Å². The first-order valence-corrected chi connectivity index (χ1v) is 4.39. The summed E-state index contributed by atoms with van der Waals surface area (Å²) < 4.78 is 31.5. The Balaban J connectivity index is 2.22. The fourth-order valence-corrected chi connectivity index (χ4v) is 0.783. The maximum atomic E-state index is 11.8. The molecule has 1 heterocycles. The van der Waals surface area contributed by atoms with Crippen LogP contribution in [-0.2, 0) is 9.26 Å². The zero-order chi connectivity index (χ0) is 7.85. The van der Waals surface area contributed by atoms with E-state index in [0.29, 0.717) is 6.61 Å². The van der Waals surface area contributed by atoms with Crippen molar-refractivity contribution in [3.05, 3.63) is 0 Å². The number of hydrogen-bond acceptors (Lipinski definition) is 4. The molecule has 0 aromatic heterocycles. The minimum atomic E-state index is -6.71. The van der Waals surface area contributed by atoms with Gasteiger partial charge in [-0.3, -0.25) is 0 Å². The molecule has 1 fully saturated rings. The van der Waals surface area contributed by atoms with Crippen LogP contribution in [-0.4, -0.2) is 29.1 Å². The summed E-state index contributed by atoms with van der Waals surface area (Å²) in [6.07, 6.45) is -0.396. The molecule has 1 unspecified atom stereocenters. The molecule has 10 heavy (non-hydrogen) atoms. The summed E-state index contributed by atoms with van der Waals surface area (Å²) in [7, 11) is -6.71. The fraction of sp³-hybridized carbons (Fsp3) is 1.00. The number of halogens is 2. The van der Waals surface area contributed by atoms with Crippen LogP contribution in [0.1, 0.15) is 0 Å². The van der Waals surface area contributed by atoms with Crippen LogP contribution in [0.5, 0.6) is 0 Å². The van der Waals surface area contributed by atoms with E-state index < -0.39 is 20.6 Å². The number of epoxide rings is 1. The van der Waals surface area contributed by atoms with E-state index in [0.717, 1.165) is 0 Å². The second-order valence-corrected chi connectivity index (χ2v) is 3.78. The van der Waals surface area contributed by atoms with Gasteiger partial charge in [-0.25, -0.2) is 0 Å². The van der Waals surface area contributed by atoms with E-state index in [4.69, 9.17) is 9.79 Å². The Morgan fingerprint density at radius 2 is 2.10 bits per heavy atom. The van der Waals surface area contributed by atoms with Gasteiger partial charge in [-0.05, 0) is 0 Å². The Morgan fingerprint density at radius 1 is 1.60 bits per heavy atom. The molecule has 0 aromatic carbocycles. The molecule has 0 radical (unpaired) electrons. The van der Waals surface area contributed by atoms with E-state index in [1.54, 1.807) is 0 Å². The van der Waals surface area contributed by atoms with Gasteiger partial charge in [0.25, 0.3) is 0 Å². The van der Waals surface area contributed by atoms with Crippen LogP contribution >= 0.6 is 7.91 Å². The number of ether oxygens (including phenoxy) is 1. The summed E-state index contributed by atoms with van der Waals surface area (Å²) in [6, 6.07) is 0. The van der Waals surface area contributed by atoms with Crippen LogP contribution in [0.3, 0.4) is 0 Å². The van der Waals surface area contributed by atoms with Crippen molar-refractivity contribution < 1.29 is 27.4 Å². The molecule has 2 N–H and O–H groups in total. The third kappa shape index (κ3) is 4.03. The SMILES string of the molecule is OP(O)(F)(F)OCC1CO1. The summed E-state index contributed by atoms with van der Waals surface area (Å²) in [5.74, 6) is 0. The third-order valence-corrected chi connectivity index (χ3v) is 1.45. The van der Waals surface area contributed by atoms with Crippen molar-refractivity contribution in [3.8, 4) is 0 Å². The fourth-order valence-electron chi connectivity index (χ4n) is 0.370. The van der Waals surface area contributed by atoms with Crippen molar-refractivity contribution >= 4 is 7.91 Å². The molecule has 0 bridgehead atoms. The molecule has 1 saturated heterocycles. The van der Waals surface area contributed by atoms with Crippen molar-refractivity contribution in [2.45, 2.75) is 6.10 Å². The standard InChI is InChI=1S/C3H7F2O4P/c4-10(5,6,7)9-2-3-1-8-3/h3,6-7H,1-2H2. The van der Waals surface area contributed by atoms with Gasteiger partial charge in [0.1, 0.15) is 0 Å². The molecule has 1 rings (SSSR count). The Labute approximate surface area is 55.8 Å². The quantitative estimate of drug-likeness (QED) is 0.484. The Bertz CT molecular complexity index is 130. The molecule has 62 valence electrons. The Hall–Kier alpha value is 0.130. The van der Waals surface area contributed by atoms with Crippen LogP contribution in [0.4, 0.5) is 8.39 Å². The molecule has 0 aliphatic carbocycles. The van der Waals surface area contributed by atoms with Gasteiger partial charge in [-0.1, -0.05) is 0 Å². The molecule has 0 saturated carbocycles. The van der Waals surface area contributed by atoms with E-state index >= 15 is 0 Å². The van der Waals surface area contributed by atoms with Crippen LogP contribution in [0, 0.1) is 0 Å². The Morgan fingerprint density at radius 3 is 2.40 bits per heavy atom. The molecular weight excluding hydrogens is 169 g/mol. The average molecular weight is 176 g/mol. The van der Waals surface area contributed by atoms with Gasteiger partial charge in [-0.15, -0.1) is 0 Å². The molecule has 1 aliphatic rings. The third-order valence-electron chi connectivity index (χ3n) is 0.876. The van der Waals surface area contributed by atoms with Crippen LogP contribution in [0.15, 0.2) is 0 Å². The summed E-state index contributed by atoms with van der Waals surface area (Å²) in [4.78, 5) is 15.7. The van der Waals surface area contributed by atoms with Crippen molar-refractivity contribution in [1.82, 2.24) is 0 Å². The first-order valence-electron chi connectivity index (χ1n) is 2.55. The van der Waals surface area contributed by atoms with Gasteiger partial charge < -0.3 is 0 Å². The van der Waals surface area contributed by atoms with Crippen molar-refractivity contribution in [3.63, 3.8) is 0 Å². The predicted octanol–water partition coefficient (Wildman–Crippen LogP) is 0.454. The number of rotatable bonds is 3. The van der Waals surface area contributed by atoms with Gasteiger partial charge in [0, 0.05) is 0 Å². The number of hydrogen-bond donors (Lipinski definition) is 2. The zero-order valence-corrected chi connectivity index (χ0v) is 5.80. The summed E-state index contributed by atoms with van der Waals surface area (Å²) in [6.45, 7) is -0.121. The zero-order valence-electron chi connectivity index (χ0n) is 4.91. The second-order valence-electron chi connectivity index (χ2n) is 2.01. The topological polar surface area (TPSA) is 62.2 Å². The van der Waals surface area contributed by atoms with Crippen molar-refractivity contribution in [1.29, 1.82) is 0 Å². The van der Waals surface area contributed by atoms with E-state index in [1.165, 1.54) is 0 Å². The normalized spacial score (nSPS) is 29.2. The van der Waals surface area contributed by atoms with Gasteiger partial charge in [-0.2, -0.15) is 0 Å². The molecule has 0 aromatic rings. The molecule has 1 atom stereocenters. The monoisotopic (exact) mass is 176 g/mol. The minimum absolute atomic E-state index is 0.340. The van der Waals surface area contributed by atoms with E-state index in [-0.39, 0.29) is 0 Å². The van der Waals surface area contributed by atoms with Crippen LogP contribution < -0.4 is 0 Å². The van der Waals surface area contributed by atoms with Gasteiger partial charge in [0.15, 0.2) is 0 Å². The van der Waals surface area contributed by atoms with Crippen molar-refractivity contribution in [2.24, 2.45) is 0 Å². The molecule has 0 amide bonds. The van der Waals surface area contributed by atoms with Gasteiger partial charge in [0.2, 0.25) is 0 Å². The first-order chi connectivity index (χ1) is 4.33. The van der Waals surface area contributed by atoms with Gasteiger partial charge in [0.05, 0.1) is 0 Å². The molecule has 0 spiro atoms. The average Bonchev–Trinajstić information content (AvgIpc) is 2.36. The molecule has 1 aliphatic heterocycles. The summed E-state index contributed by atoms with van der Waals surface area (Å²) in [5.41, 5.74) is 0. The maximum absolute atomic E-state index is 11.8. The van der Waals surface area contributed by atoms with E-state index in [2.05, 4.69) is 9.26 Å². The molecule has 4 nitrogen and oxygen atoms in total. The molecular formula is C3H7F2O4P.